The predicted octanol–water partition coefficient (Wildman–Crippen LogP) is 4.80. The highest BCUT2D eigenvalue weighted by Crippen LogP contribution is 2.35. The van der Waals surface area contributed by atoms with Gasteiger partial charge in [-0.25, -0.2) is 4.98 Å². The van der Waals surface area contributed by atoms with E-state index >= 15 is 0 Å². The van der Waals surface area contributed by atoms with Crippen LogP contribution in [0.1, 0.15) is 5.56 Å². The summed E-state index contributed by atoms with van der Waals surface area (Å²) in [6.07, 6.45) is 0. The van der Waals surface area contributed by atoms with Crippen LogP contribution in [-0.4, -0.2) is 48.6 Å². The molecule has 2 aromatic heterocycles. The summed E-state index contributed by atoms with van der Waals surface area (Å²) in [6.45, 7) is 5.37. The second kappa shape index (κ2) is 8.63. The van der Waals surface area contributed by atoms with Crippen molar-refractivity contribution >= 4 is 33.9 Å². The fraction of sp³-hybridized carbons (Fsp3) is 0.250. The van der Waals surface area contributed by atoms with E-state index in [4.69, 9.17) is 14.1 Å². The third kappa shape index (κ3) is 4.25. The molecule has 158 valence electrons. The van der Waals surface area contributed by atoms with Crippen molar-refractivity contribution in [1.29, 1.82) is 0 Å². The van der Waals surface area contributed by atoms with E-state index < -0.39 is 0 Å². The molecule has 0 saturated carbocycles. The lowest BCUT2D eigenvalue weighted by Crippen LogP contribution is -2.41. The summed E-state index contributed by atoms with van der Waals surface area (Å²) in [5, 5.41) is 7.02. The van der Waals surface area contributed by atoms with Crippen LogP contribution in [0.4, 0.5) is 5.69 Å². The van der Waals surface area contributed by atoms with E-state index in [0.29, 0.717) is 19.8 Å². The van der Waals surface area contributed by atoms with Gasteiger partial charge in [0.1, 0.15) is 16.3 Å². The molecule has 6 nitrogen and oxygen atoms in total. The molecule has 31 heavy (non-hydrogen) atoms. The minimum Gasteiger partial charge on any atom is -0.454 e. The number of rotatable bonds is 5. The van der Waals surface area contributed by atoms with E-state index in [1.165, 1.54) is 0 Å². The standard InChI is InChI=1S/C24H23N3O3S/c1-16-19-7-2-3-8-21(19)30-23(16)20-15-31-24(26-20)17-5-4-6-18(13-17)25-22(28)14-27-9-11-29-12-10-27/h2-8,13,15H,9-12,14H2,1H3,(H,25,28). The lowest BCUT2D eigenvalue weighted by Gasteiger charge is -2.25. The third-order valence-corrected chi connectivity index (χ3v) is 6.34. The molecule has 0 aliphatic carbocycles. The number of aromatic nitrogens is 1. The molecular weight excluding hydrogens is 410 g/mol. The van der Waals surface area contributed by atoms with E-state index in [-0.39, 0.29) is 5.91 Å². The number of anilines is 1. The van der Waals surface area contributed by atoms with Crippen LogP contribution in [0.3, 0.4) is 0 Å². The lowest BCUT2D eigenvalue weighted by atomic mass is 10.1. The van der Waals surface area contributed by atoms with Crippen LogP contribution in [0.25, 0.3) is 33.0 Å². The van der Waals surface area contributed by atoms with Crippen molar-refractivity contribution in [3.63, 3.8) is 0 Å². The molecule has 1 aliphatic heterocycles. The molecule has 1 N–H and O–H groups in total. The first-order valence-electron chi connectivity index (χ1n) is 10.3. The molecule has 2 aromatic carbocycles. The number of amides is 1. The summed E-state index contributed by atoms with van der Waals surface area (Å²) in [4.78, 5) is 19.3. The molecule has 1 fully saturated rings. The molecule has 0 bridgehead atoms. The molecule has 4 aromatic rings. The van der Waals surface area contributed by atoms with Crippen molar-refractivity contribution in [2.45, 2.75) is 6.92 Å². The van der Waals surface area contributed by atoms with Crippen LogP contribution in [0.15, 0.2) is 58.3 Å². The number of fused-ring (bicyclic) bond motifs is 1. The zero-order valence-corrected chi connectivity index (χ0v) is 18.1. The van der Waals surface area contributed by atoms with Gasteiger partial charge < -0.3 is 14.5 Å². The molecule has 0 atom stereocenters. The summed E-state index contributed by atoms with van der Waals surface area (Å²) in [5.74, 6) is 0.787. The average Bonchev–Trinajstić information content (AvgIpc) is 3.40. The number of nitrogens with zero attached hydrogens (tertiary/aromatic N) is 2. The number of carbonyl (C=O) groups excluding carboxylic acids is 1. The number of ether oxygens (including phenoxy) is 1. The van der Waals surface area contributed by atoms with E-state index in [0.717, 1.165) is 57.3 Å². The van der Waals surface area contributed by atoms with Gasteiger partial charge >= 0.3 is 0 Å². The van der Waals surface area contributed by atoms with Crippen molar-refractivity contribution in [2.24, 2.45) is 0 Å². The van der Waals surface area contributed by atoms with Gasteiger partial charge in [-0.1, -0.05) is 30.3 Å². The highest BCUT2D eigenvalue weighted by molar-refractivity contribution is 7.13. The van der Waals surface area contributed by atoms with E-state index in [9.17, 15) is 4.79 Å². The first-order chi connectivity index (χ1) is 15.2. The molecule has 0 unspecified atom stereocenters. The first-order valence-corrected chi connectivity index (χ1v) is 11.2. The van der Waals surface area contributed by atoms with Crippen LogP contribution in [-0.2, 0) is 9.53 Å². The Bertz CT molecular complexity index is 1220. The van der Waals surface area contributed by atoms with E-state index in [2.05, 4.69) is 23.2 Å². The molecule has 1 aliphatic rings. The Balaban J connectivity index is 1.33. The molecular formula is C24H23N3O3S. The molecule has 0 radical (unpaired) electrons. The minimum atomic E-state index is -0.0169. The zero-order chi connectivity index (χ0) is 21.2. The van der Waals surface area contributed by atoms with Gasteiger partial charge in [0, 0.05) is 40.7 Å². The van der Waals surface area contributed by atoms with Gasteiger partial charge in [0.2, 0.25) is 5.91 Å². The van der Waals surface area contributed by atoms with Gasteiger partial charge in [-0.15, -0.1) is 11.3 Å². The van der Waals surface area contributed by atoms with Crippen molar-refractivity contribution in [2.75, 3.05) is 38.2 Å². The second-order valence-corrected chi connectivity index (χ2v) is 8.47. The van der Waals surface area contributed by atoms with E-state index in [1.54, 1.807) is 11.3 Å². The fourth-order valence-electron chi connectivity index (χ4n) is 3.82. The summed E-state index contributed by atoms with van der Waals surface area (Å²) in [7, 11) is 0. The van der Waals surface area contributed by atoms with Gasteiger partial charge in [-0.2, -0.15) is 0 Å². The van der Waals surface area contributed by atoms with Gasteiger partial charge in [0.25, 0.3) is 0 Å². The van der Waals surface area contributed by atoms with Gasteiger partial charge in [0.15, 0.2) is 5.76 Å². The number of nitrogens with one attached hydrogen (secondary N) is 1. The highest BCUT2D eigenvalue weighted by atomic mass is 32.1. The minimum absolute atomic E-state index is 0.0169. The Kier molecular flexibility index (Phi) is 5.55. The number of aryl methyl sites for hydroxylation is 1. The summed E-state index contributed by atoms with van der Waals surface area (Å²) in [6, 6.07) is 15.8. The molecule has 5 rings (SSSR count). The van der Waals surface area contributed by atoms with Gasteiger partial charge in [-0.3, -0.25) is 9.69 Å². The number of benzene rings is 2. The number of para-hydroxylation sites is 1. The Morgan fingerprint density at radius 3 is 2.84 bits per heavy atom. The number of hydrogen-bond donors (Lipinski definition) is 1. The molecule has 1 amide bonds. The van der Waals surface area contributed by atoms with Crippen molar-refractivity contribution in [1.82, 2.24) is 9.88 Å². The van der Waals surface area contributed by atoms with Crippen molar-refractivity contribution in [3.8, 4) is 22.0 Å². The van der Waals surface area contributed by atoms with Crippen LogP contribution in [0, 0.1) is 6.92 Å². The second-order valence-electron chi connectivity index (χ2n) is 7.61. The first kappa shape index (κ1) is 19.9. The largest absolute Gasteiger partial charge is 0.454 e. The normalized spacial score (nSPS) is 14.7. The van der Waals surface area contributed by atoms with Gasteiger partial charge in [0.05, 0.1) is 19.8 Å². The lowest BCUT2D eigenvalue weighted by molar-refractivity contribution is -0.118. The quantitative estimate of drug-likeness (QED) is 0.490. The Hall–Kier alpha value is -3.00. The van der Waals surface area contributed by atoms with E-state index in [1.807, 2.05) is 47.8 Å². The number of hydrogen-bond acceptors (Lipinski definition) is 6. The maximum atomic E-state index is 12.4. The number of morpholine rings is 1. The Morgan fingerprint density at radius 1 is 1.16 bits per heavy atom. The van der Waals surface area contributed by atoms with Crippen LogP contribution >= 0.6 is 11.3 Å². The number of carbonyl (C=O) groups is 1. The summed E-state index contributed by atoms with van der Waals surface area (Å²) < 4.78 is 11.4. The summed E-state index contributed by atoms with van der Waals surface area (Å²) >= 11 is 1.57. The third-order valence-electron chi connectivity index (χ3n) is 5.44. The molecule has 7 heteroatoms. The average molecular weight is 434 g/mol. The predicted molar refractivity (Wildman–Crippen MR) is 123 cm³/mol. The van der Waals surface area contributed by atoms with Crippen LogP contribution in [0.2, 0.25) is 0 Å². The molecule has 1 saturated heterocycles. The smallest absolute Gasteiger partial charge is 0.238 e. The fourth-order valence-corrected chi connectivity index (χ4v) is 4.62. The SMILES string of the molecule is Cc1c(-c2csc(-c3cccc(NC(=O)CN4CCOCC4)c3)n2)oc2ccccc12. The summed E-state index contributed by atoms with van der Waals surface area (Å²) in [5.41, 5.74) is 4.53. The number of thiazole rings is 1. The monoisotopic (exact) mass is 433 g/mol. The van der Waals surface area contributed by atoms with Crippen LogP contribution < -0.4 is 5.32 Å². The Morgan fingerprint density at radius 2 is 2.00 bits per heavy atom. The maximum Gasteiger partial charge on any atom is 0.238 e. The number of furan rings is 1. The zero-order valence-electron chi connectivity index (χ0n) is 17.3. The maximum absolute atomic E-state index is 12.4. The Labute approximate surface area is 184 Å². The molecule has 0 spiro atoms. The van der Waals surface area contributed by atoms with Gasteiger partial charge in [-0.05, 0) is 25.1 Å². The van der Waals surface area contributed by atoms with Crippen molar-refractivity contribution in [3.05, 3.63) is 59.5 Å². The van der Waals surface area contributed by atoms with Crippen LogP contribution in [0.5, 0.6) is 0 Å². The molecule has 3 heterocycles. The topological polar surface area (TPSA) is 67.6 Å². The highest BCUT2D eigenvalue weighted by Gasteiger charge is 2.17. The van der Waals surface area contributed by atoms with Crippen molar-refractivity contribution < 1.29 is 13.9 Å².